The van der Waals surface area contributed by atoms with E-state index in [-0.39, 0.29) is 11.7 Å². The van der Waals surface area contributed by atoms with Crippen molar-refractivity contribution < 1.29 is 0 Å². The molecule has 0 radical (unpaired) electrons. The zero-order chi connectivity index (χ0) is 12.0. The molecule has 3 rings (SSSR count). The van der Waals surface area contributed by atoms with E-state index in [1.807, 2.05) is 29.8 Å². The summed E-state index contributed by atoms with van der Waals surface area (Å²) in [7, 11) is 1.83. The summed E-state index contributed by atoms with van der Waals surface area (Å²) in [6, 6.07) is 6.24. The van der Waals surface area contributed by atoms with Crippen molar-refractivity contribution in [2.24, 2.45) is 7.05 Å². The van der Waals surface area contributed by atoms with Crippen LogP contribution in [0.2, 0.25) is 0 Å². The Kier molecular flexibility index (Phi) is 2.60. The summed E-state index contributed by atoms with van der Waals surface area (Å²) in [6.45, 7) is 1.87. The van der Waals surface area contributed by atoms with Crippen molar-refractivity contribution in [1.82, 2.24) is 14.5 Å². The SMILES string of the molecule is Cn1c(=O)n(C2CCNC2)c2cccc(Br)c21. The van der Waals surface area contributed by atoms with Crippen LogP contribution < -0.4 is 11.0 Å². The lowest BCUT2D eigenvalue weighted by molar-refractivity contribution is 0.535. The number of aryl methyl sites for hydroxylation is 1. The number of nitrogens with zero attached hydrogens (tertiary/aromatic N) is 2. The number of fused-ring (bicyclic) bond motifs is 1. The second-order valence-electron chi connectivity index (χ2n) is 4.47. The van der Waals surface area contributed by atoms with Crippen molar-refractivity contribution >= 4 is 27.0 Å². The Morgan fingerprint density at radius 2 is 2.29 bits per heavy atom. The summed E-state index contributed by atoms with van der Waals surface area (Å²) in [5.41, 5.74) is 2.06. The standard InChI is InChI=1S/C12H14BrN3O/c1-15-11-9(13)3-2-4-10(11)16(12(15)17)8-5-6-14-7-8/h2-4,8,14H,5-7H2,1H3. The Hall–Kier alpha value is -1.07. The number of aromatic nitrogens is 2. The summed E-state index contributed by atoms with van der Waals surface area (Å²) in [6.07, 6.45) is 1.02. The number of benzene rings is 1. The molecule has 0 spiro atoms. The van der Waals surface area contributed by atoms with Gasteiger partial charge in [0.15, 0.2) is 0 Å². The lowest BCUT2D eigenvalue weighted by Gasteiger charge is -2.10. The van der Waals surface area contributed by atoms with Crippen LogP contribution in [0.15, 0.2) is 27.5 Å². The van der Waals surface area contributed by atoms with Crippen molar-refractivity contribution in [3.8, 4) is 0 Å². The second kappa shape index (κ2) is 3.99. The molecule has 1 aromatic carbocycles. The predicted molar refractivity (Wildman–Crippen MR) is 71.4 cm³/mol. The first-order valence-corrected chi connectivity index (χ1v) is 6.55. The third kappa shape index (κ3) is 1.57. The smallest absolute Gasteiger partial charge is 0.315 e. The topological polar surface area (TPSA) is 39.0 Å². The van der Waals surface area contributed by atoms with E-state index in [0.717, 1.165) is 35.0 Å². The van der Waals surface area contributed by atoms with Crippen molar-refractivity contribution in [2.45, 2.75) is 12.5 Å². The minimum Gasteiger partial charge on any atom is -0.315 e. The molecule has 0 amide bonds. The molecule has 0 bridgehead atoms. The molecule has 1 unspecified atom stereocenters. The highest BCUT2D eigenvalue weighted by Crippen LogP contribution is 2.26. The van der Waals surface area contributed by atoms with Crippen molar-refractivity contribution in [2.75, 3.05) is 13.1 Å². The molecule has 2 heterocycles. The van der Waals surface area contributed by atoms with Gasteiger partial charge in [-0.3, -0.25) is 9.13 Å². The van der Waals surface area contributed by atoms with E-state index in [1.54, 1.807) is 4.57 Å². The lowest BCUT2D eigenvalue weighted by Crippen LogP contribution is -2.27. The second-order valence-corrected chi connectivity index (χ2v) is 5.32. The fourth-order valence-electron chi connectivity index (χ4n) is 2.60. The van der Waals surface area contributed by atoms with Crippen molar-refractivity contribution in [1.29, 1.82) is 0 Å². The molecule has 1 aliphatic heterocycles. The van der Waals surface area contributed by atoms with Crippen LogP contribution in [0, 0.1) is 0 Å². The molecular formula is C12H14BrN3O. The maximum absolute atomic E-state index is 12.3. The number of para-hydroxylation sites is 1. The maximum atomic E-state index is 12.3. The molecular weight excluding hydrogens is 282 g/mol. The number of hydrogen-bond acceptors (Lipinski definition) is 2. The van der Waals surface area contributed by atoms with Gasteiger partial charge in [-0.2, -0.15) is 0 Å². The first kappa shape index (κ1) is 11.0. The van der Waals surface area contributed by atoms with Crippen molar-refractivity contribution in [3.63, 3.8) is 0 Å². The van der Waals surface area contributed by atoms with E-state index in [4.69, 9.17) is 0 Å². The minimum atomic E-state index is 0.0700. The minimum absolute atomic E-state index is 0.0700. The lowest BCUT2D eigenvalue weighted by atomic mass is 10.2. The summed E-state index contributed by atoms with van der Waals surface area (Å²) < 4.78 is 4.61. The molecule has 4 nitrogen and oxygen atoms in total. The van der Waals surface area contributed by atoms with Gasteiger partial charge in [0.05, 0.1) is 17.1 Å². The summed E-state index contributed by atoms with van der Waals surface area (Å²) >= 11 is 3.52. The zero-order valence-electron chi connectivity index (χ0n) is 9.61. The quantitative estimate of drug-likeness (QED) is 0.869. The molecule has 5 heteroatoms. The number of nitrogens with one attached hydrogen (secondary N) is 1. The first-order chi connectivity index (χ1) is 8.20. The number of hydrogen-bond donors (Lipinski definition) is 1. The van der Waals surface area contributed by atoms with Crippen LogP contribution in [-0.4, -0.2) is 22.2 Å². The van der Waals surface area contributed by atoms with E-state index in [1.165, 1.54) is 0 Å². The van der Waals surface area contributed by atoms with Crippen LogP contribution in [-0.2, 0) is 7.05 Å². The maximum Gasteiger partial charge on any atom is 0.329 e. The van der Waals surface area contributed by atoms with Crippen LogP contribution in [0.3, 0.4) is 0 Å². The first-order valence-electron chi connectivity index (χ1n) is 5.76. The third-order valence-electron chi connectivity index (χ3n) is 3.45. The average molecular weight is 296 g/mol. The molecule has 0 aliphatic carbocycles. The number of imidazole rings is 1. The van der Waals surface area contributed by atoms with Crippen molar-refractivity contribution in [3.05, 3.63) is 33.2 Å². The molecule has 17 heavy (non-hydrogen) atoms. The van der Waals surface area contributed by atoms with Gasteiger partial charge < -0.3 is 5.32 Å². The van der Waals surface area contributed by atoms with Gasteiger partial charge in [0.25, 0.3) is 0 Å². The highest BCUT2D eigenvalue weighted by Gasteiger charge is 2.22. The molecule has 0 saturated carbocycles. The molecule has 2 aromatic rings. The van der Waals surface area contributed by atoms with Gasteiger partial charge in [0.1, 0.15) is 0 Å². The van der Waals surface area contributed by atoms with E-state index >= 15 is 0 Å². The van der Waals surface area contributed by atoms with E-state index < -0.39 is 0 Å². The predicted octanol–water partition coefficient (Wildman–Crippen LogP) is 1.64. The van der Waals surface area contributed by atoms with Gasteiger partial charge in [0, 0.05) is 18.1 Å². The highest BCUT2D eigenvalue weighted by molar-refractivity contribution is 9.10. The molecule has 1 N–H and O–H groups in total. The Morgan fingerprint density at radius 1 is 1.47 bits per heavy atom. The summed E-state index contributed by atoms with van der Waals surface area (Å²) in [5, 5.41) is 3.31. The van der Waals surface area contributed by atoms with E-state index in [0.29, 0.717) is 0 Å². The van der Waals surface area contributed by atoms with Gasteiger partial charge in [0.2, 0.25) is 0 Å². The molecule has 1 saturated heterocycles. The van der Waals surface area contributed by atoms with Gasteiger partial charge in [-0.05, 0) is 41.0 Å². The Morgan fingerprint density at radius 3 is 3.00 bits per heavy atom. The van der Waals surface area contributed by atoms with Crippen LogP contribution in [0.5, 0.6) is 0 Å². The Balaban J connectivity index is 2.34. The Bertz CT molecular complexity index is 622. The monoisotopic (exact) mass is 295 g/mol. The van der Waals surface area contributed by atoms with Crippen LogP contribution in [0.1, 0.15) is 12.5 Å². The molecule has 90 valence electrons. The van der Waals surface area contributed by atoms with E-state index in [9.17, 15) is 4.79 Å². The molecule has 1 atom stereocenters. The van der Waals surface area contributed by atoms with Crippen LogP contribution >= 0.6 is 15.9 Å². The fourth-order valence-corrected chi connectivity index (χ4v) is 3.23. The molecule has 1 aromatic heterocycles. The summed E-state index contributed by atoms with van der Waals surface area (Å²) in [4.78, 5) is 12.3. The zero-order valence-corrected chi connectivity index (χ0v) is 11.2. The Labute approximate surface area is 107 Å². The number of halogens is 1. The van der Waals surface area contributed by atoms with Gasteiger partial charge in [-0.15, -0.1) is 0 Å². The largest absolute Gasteiger partial charge is 0.329 e. The normalized spacial score (nSPS) is 20.2. The van der Waals surface area contributed by atoms with E-state index in [2.05, 4.69) is 21.2 Å². The molecule has 1 fully saturated rings. The van der Waals surface area contributed by atoms with Crippen LogP contribution in [0.25, 0.3) is 11.0 Å². The molecule has 1 aliphatic rings. The summed E-state index contributed by atoms with van der Waals surface area (Å²) in [5.74, 6) is 0. The van der Waals surface area contributed by atoms with Gasteiger partial charge in [-0.1, -0.05) is 6.07 Å². The number of rotatable bonds is 1. The fraction of sp³-hybridized carbons (Fsp3) is 0.417. The van der Waals surface area contributed by atoms with Gasteiger partial charge >= 0.3 is 5.69 Å². The highest BCUT2D eigenvalue weighted by atomic mass is 79.9. The van der Waals surface area contributed by atoms with Crippen LogP contribution in [0.4, 0.5) is 0 Å². The van der Waals surface area contributed by atoms with Gasteiger partial charge in [-0.25, -0.2) is 4.79 Å². The average Bonchev–Trinajstić information content (AvgIpc) is 2.89. The third-order valence-corrected chi connectivity index (χ3v) is 4.09.